The summed E-state index contributed by atoms with van der Waals surface area (Å²) in [5.41, 5.74) is -0.131. The van der Waals surface area contributed by atoms with Crippen molar-refractivity contribution in [2.75, 3.05) is 50.2 Å². The highest BCUT2D eigenvalue weighted by Crippen LogP contribution is 2.16. The highest BCUT2D eigenvalue weighted by molar-refractivity contribution is 5.36. The minimum absolute atomic E-state index is 0.0831. The maximum Gasteiger partial charge on any atom is 0.293 e. The molecule has 0 spiro atoms. The number of anilines is 2. The van der Waals surface area contributed by atoms with Crippen LogP contribution >= 0.6 is 0 Å². The maximum absolute atomic E-state index is 12.2. The number of aryl methyl sites for hydroxylation is 1. The van der Waals surface area contributed by atoms with E-state index in [1.54, 1.807) is 38.8 Å². The van der Waals surface area contributed by atoms with Gasteiger partial charge in [0.25, 0.3) is 5.56 Å². The summed E-state index contributed by atoms with van der Waals surface area (Å²) in [6, 6.07) is 1.71. The number of methoxy groups -OCH3 is 1. The molecule has 0 N–H and O–H groups in total. The lowest BCUT2D eigenvalue weighted by Gasteiger charge is -2.34. The lowest BCUT2D eigenvalue weighted by atomic mass is 10.2. The molecule has 1 aliphatic heterocycles. The van der Waals surface area contributed by atoms with Gasteiger partial charge in [-0.2, -0.15) is 4.98 Å². The summed E-state index contributed by atoms with van der Waals surface area (Å²) in [7, 11) is 5.13. The summed E-state index contributed by atoms with van der Waals surface area (Å²) >= 11 is 0. The quantitative estimate of drug-likeness (QED) is 0.743. The smallest absolute Gasteiger partial charge is 0.293 e. The summed E-state index contributed by atoms with van der Waals surface area (Å²) in [5.74, 6) is 1.55. The Bertz CT molecular complexity index is 780. The Kier molecular flexibility index (Phi) is 5.13. The molecule has 1 aliphatic rings. The molecule has 1 atom stereocenters. The average molecular weight is 346 g/mol. The van der Waals surface area contributed by atoms with Crippen molar-refractivity contribution >= 4 is 11.8 Å². The molecule has 1 saturated heterocycles. The molecule has 2 aromatic rings. The van der Waals surface area contributed by atoms with Crippen molar-refractivity contribution in [3.63, 3.8) is 0 Å². The van der Waals surface area contributed by atoms with E-state index in [9.17, 15) is 4.79 Å². The molecule has 2 aromatic heterocycles. The predicted octanol–water partition coefficient (Wildman–Crippen LogP) is -0.0795. The summed E-state index contributed by atoms with van der Waals surface area (Å²) in [6.45, 7) is 2.45. The molecule has 9 heteroatoms. The van der Waals surface area contributed by atoms with E-state index >= 15 is 0 Å². The lowest BCUT2D eigenvalue weighted by Crippen LogP contribution is -2.48. The number of ether oxygens (including phenoxy) is 2. The van der Waals surface area contributed by atoms with Crippen molar-refractivity contribution in [1.82, 2.24) is 19.5 Å². The van der Waals surface area contributed by atoms with Gasteiger partial charge in [0.2, 0.25) is 11.8 Å². The van der Waals surface area contributed by atoms with Crippen LogP contribution in [0.5, 0.6) is 5.88 Å². The molecule has 3 heterocycles. The van der Waals surface area contributed by atoms with Crippen LogP contribution < -0.4 is 20.1 Å². The fourth-order valence-corrected chi connectivity index (χ4v) is 2.75. The van der Waals surface area contributed by atoms with Crippen LogP contribution in [0.3, 0.4) is 0 Å². The summed E-state index contributed by atoms with van der Waals surface area (Å²) in [6.07, 6.45) is 4.85. The summed E-state index contributed by atoms with van der Waals surface area (Å²) in [4.78, 5) is 28.9. The Morgan fingerprint density at radius 2 is 2.24 bits per heavy atom. The van der Waals surface area contributed by atoms with E-state index in [1.165, 1.54) is 4.57 Å². The first-order chi connectivity index (χ1) is 12.1. The van der Waals surface area contributed by atoms with Gasteiger partial charge in [-0.25, -0.2) is 9.97 Å². The normalized spacial score (nSPS) is 17.4. The molecule has 0 aliphatic carbocycles. The molecule has 9 nitrogen and oxygen atoms in total. The third-order valence-electron chi connectivity index (χ3n) is 4.09. The second-order valence-electron chi connectivity index (χ2n) is 5.89. The topological polar surface area (TPSA) is 85.6 Å². The standard InChI is InChI=1S/C16H22N6O3/c1-20-7-6-17-14(15(20)23)21(2)10-12-11-22(8-9-25-12)16-18-5-4-13(19-16)24-3/h4-7,12H,8-11H2,1-3H3/t12-/m1/s1. The van der Waals surface area contributed by atoms with Crippen LogP contribution in [0, 0.1) is 0 Å². The maximum atomic E-state index is 12.2. The van der Waals surface area contributed by atoms with Crippen LogP contribution in [-0.2, 0) is 11.8 Å². The van der Waals surface area contributed by atoms with Crippen LogP contribution in [-0.4, -0.2) is 66.0 Å². The van der Waals surface area contributed by atoms with Gasteiger partial charge in [-0.05, 0) is 0 Å². The molecule has 1 fully saturated rings. The lowest BCUT2D eigenvalue weighted by molar-refractivity contribution is 0.0452. The first-order valence-electron chi connectivity index (χ1n) is 8.05. The molecule has 0 amide bonds. The van der Waals surface area contributed by atoms with Crippen LogP contribution in [0.4, 0.5) is 11.8 Å². The fourth-order valence-electron chi connectivity index (χ4n) is 2.75. The van der Waals surface area contributed by atoms with Crippen LogP contribution in [0.25, 0.3) is 0 Å². The third-order valence-corrected chi connectivity index (χ3v) is 4.09. The highest BCUT2D eigenvalue weighted by atomic mass is 16.5. The number of aromatic nitrogens is 4. The summed E-state index contributed by atoms with van der Waals surface area (Å²) in [5, 5.41) is 0. The van der Waals surface area contributed by atoms with Crippen LogP contribution in [0.1, 0.15) is 0 Å². The Hall–Kier alpha value is -2.68. The predicted molar refractivity (Wildman–Crippen MR) is 93.3 cm³/mol. The van der Waals surface area contributed by atoms with E-state index < -0.39 is 0 Å². The van der Waals surface area contributed by atoms with Gasteiger partial charge in [0, 0.05) is 58.4 Å². The van der Waals surface area contributed by atoms with Crippen molar-refractivity contribution in [2.24, 2.45) is 7.05 Å². The minimum atomic E-state index is -0.131. The number of likely N-dealkylation sites (N-methyl/N-ethyl adjacent to an activating group) is 1. The van der Waals surface area contributed by atoms with E-state index in [1.807, 2.05) is 11.9 Å². The van der Waals surface area contributed by atoms with Gasteiger partial charge >= 0.3 is 0 Å². The highest BCUT2D eigenvalue weighted by Gasteiger charge is 2.25. The van der Waals surface area contributed by atoms with Gasteiger partial charge in [-0.3, -0.25) is 4.79 Å². The first-order valence-corrected chi connectivity index (χ1v) is 8.05. The Morgan fingerprint density at radius 1 is 1.40 bits per heavy atom. The zero-order valence-corrected chi connectivity index (χ0v) is 14.6. The van der Waals surface area contributed by atoms with E-state index in [2.05, 4.69) is 19.9 Å². The Balaban J connectivity index is 1.69. The van der Waals surface area contributed by atoms with E-state index in [4.69, 9.17) is 9.47 Å². The molecular formula is C16H22N6O3. The van der Waals surface area contributed by atoms with Gasteiger partial charge in [0.1, 0.15) is 0 Å². The zero-order chi connectivity index (χ0) is 17.8. The largest absolute Gasteiger partial charge is 0.481 e. The number of morpholine rings is 1. The molecule has 0 saturated carbocycles. The SMILES string of the molecule is COc1ccnc(N2CCO[C@H](CN(C)c3nccn(C)c3=O)C2)n1. The number of hydrogen-bond acceptors (Lipinski definition) is 8. The number of nitrogens with zero attached hydrogens (tertiary/aromatic N) is 6. The minimum Gasteiger partial charge on any atom is -0.481 e. The van der Waals surface area contributed by atoms with Crippen molar-refractivity contribution in [2.45, 2.75) is 6.10 Å². The van der Waals surface area contributed by atoms with Crippen LogP contribution in [0.15, 0.2) is 29.5 Å². The molecule has 25 heavy (non-hydrogen) atoms. The number of rotatable bonds is 5. The van der Waals surface area contributed by atoms with E-state index in [-0.39, 0.29) is 11.7 Å². The van der Waals surface area contributed by atoms with Crippen molar-refractivity contribution in [3.05, 3.63) is 35.0 Å². The summed E-state index contributed by atoms with van der Waals surface area (Å²) < 4.78 is 12.5. The molecule has 0 unspecified atom stereocenters. The van der Waals surface area contributed by atoms with E-state index in [0.29, 0.717) is 43.9 Å². The molecule has 0 radical (unpaired) electrons. The van der Waals surface area contributed by atoms with Crippen molar-refractivity contribution < 1.29 is 9.47 Å². The molecule has 3 rings (SSSR count). The zero-order valence-electron chi connectivity index (χ0n) is 14.6. The molecule has 0 bridgehead atoms. The van der Waals surface area contributed by atoms with Gasteiger partial charge in [-0.15, -0.1) is 0 Å². The Morgan fingerprint density at radius 3 is 3.04 bits per heavy atom. The van der Waals surface area contributed by atoms with Gasteiger partial charge < -0.3 is 23.8 Å². The van der Waals surface area contributed by atoms with Gasteiger partial charge in [0.05, 0.1) is 19.8 Å². The van der Waals surface area contributed by atoms with Crippen molar-refractivity contribution in [3.8, 4) is 5.88 Å². The van der Waals surface area contributed by atoms with Crippen LogP contribution in [0.2, 0.25) is 0 Å². The third kappa shape index (κ3) is 3.87. The second-order valence-corrected chi connectivity index (χ2v) is 5.89. The van der Waals surface area contributed by atoms with Gasteiger partial charge in [-0.1, -0.05) is 0 Å². The second kappa shape index (κ2) is 7.47. The van der Waals surface area contributed by atoms with Crippen molar-refractivity contribution in [1.29, 1.82) is 0 Å². The van der Waals surface area contributed by atoms with E-state index in [0.717, 1.165) is 0 Å². The average Bonchev–Trinajstić information content (AvgIpc) is 2.64. The fraction of sp³-hybridized carbons (Fsp3) is 0.500. The first kappa shape index (κ1) is 17.2. The monoisotopic (exact) mass is 346 g/mol. The molecular weight excluding hydrogens is 324 g/mol. The molecule has 0 aromatic carbocycles. The Labute approximate surface area is 145 Å². The number of hydrogen-bond donors (Lipinski definition) is 0. The molecule has 134 valence electrons. The van der Waals surface area contributed by atoms with Gasteiger partial charge in [0.15, 0.2) is 5.82 Å².